The van der Waals surface area contributed by atoms with Crippen molar-refractivity contribution in [1.82, 2.24) is 14.9 Å². The largest absolute Gasteiger partial charge is 0.450 e. The van der Waals surface area contributed by atoms with Crippen LogP contribution in [0.3, 0.4) is 0 Å². The molecular formula is C20H27N5O2. The molecule has 1 aromatic carbocycles. The first-order valence-corrected chi connectivity index (χ1v) is 9.53. The number of piperidine rings is 1. The highest BCUT2D eigenvalue weighted by Gasteiger charge is 2.23. The van der Waals surface area contributed by atoms with E-state index in [0.717, 1.165) is 31.6 Å². The fourth-order valence-corrected chi connectivity index (χ4v) is 3.11. The number of carbonyl (C=O) groups excluding carboxylic acids is 1. The van der Waals surface area contributed by atoms with Crippen molar-refractivity contribution < 1.29 is 9.53 Å². The van der Waals surface area contributed by atoms with Crippen molar-refractivity contribution in [3.8, 4) is 0 Å². The summed E-state index contributed by atoms with van der Waals surface area (Å²) in [5.41, 5.74) is 1.30. The number of anilines is 2. The van der Waals surface area contributed by atoms with E-state index in [1.165, 1.54) is 5.56 Å². The molecule has 1 amide bonds. The third-order valence-corrected chi connectivity index (χ3v) is 4.57. The van der Waals surface area contributed by atoms with E-state index in [1.807, 2.05) is 19.1 Å². The Morgan fingerprint density at radius 3 is 2.74 bits per heavy atom. The van der Waals surface area contributed by atoms with Crippen LogP contribution in [0.4, 0.5) is 16.6 Å². The highest BCUT2D eigenvalue weighted by atomic mass is 16.6. The van der Waals surface area contributed by atoms with Crippen LogP contribution in [0, 0.1) is 0 Å². The maximum absolute atomic E-state index is 11.8. The Kier molecular flexibility index (Phi) is 6.84. The standard InChI is InChI=1S/C20H27N5O2/c1-2-27-20(26)25-14-10-17(11-15-25)23-19-22-13-9-18(24-19)21-12-8-16-6-4-3-5-7-16/h3-7,9,13,17H,2,8,10-12,14-15H2,1H3,(H2,21,22,23,24). The minimum Gasteiger partial charge on any atom is -0.450 e. The molecular weight excluding hydrogens is 342 g/mol. The van der Waals surface area contributed by atoms with Crippen LogP contribution in [0.1, 0.15) is 25.3 Å². The van der Waals surface area contributed by atoms with Gasteiger partial charge in [-0.05, 0) is 37.8 Å². The third-order valence-electron chi connectivity index (χ3n) is 4.57. The van der Waals surface area contributed by atoms with Crippen molar-refractivity contribution >= 4 is 17.9 Å². The summed E-state index contributed by atoms with van der Waals surface area (Å²) < 4.78 is 5.05. The number of aromatic nitrogens is 2. The zero-order chi connectivity index (χ0) is 18.9. The molecule has 0 bridgehead atoms. The van der Waals surface area contributed by atoms with Gasteiger partial charge in [0.25, 0.3) is 0 Å². The number of benzene rings is 1. The second-order valence-electron chi connectivity index (χ2n) is 6.53. The lowest BCUT2D eigenvalue weighted by Gasteiger charge is -2.31. The van der Waals surface area contributed by atoms with Gasteiger partial charge < -0.3 is 20.3 Å². The van der Waals surface area contributed by atoms with E-state index in [1.54, 1.807) is 11.1 Å². The fourth-order valence-electron chi connectivity index (χ4n) is 3.11. The van der Waals surface area contributed by atoms with E-state index >= 15 is 0 Å². The van der Waals surface area contributed by atoms with E-state index in [4.69, 9.17) is 4.74 Å². The Balaban J connectivity index is 1.44. The molecule has 0 spiro atoms. The first-order chi connectivity index (χ1) is 13.2. The average molecular weight is 369 g/mol. The summed E-state index contributed by atoms with van der Waals surface area (Å²) in [4.78, 5) is 22.4. The average Bonchev–Trinajstić information content (AvgIpc) is 2.70. The monoisotopic (exact) mass is 369 g/mol. The number of ether oxygens (including phenoxy) is 1. The molecule has 144 valence electrons. The predicted octanol–water partition coefficient (Wildman–Crippen LogP) is 3.16. The van der Waals surface area contributed by atoms with Gasteiger partial charge in [0.1, 0.15) is 5.82 Å². The number of rotatable bonds is 7. The minimum atomic E-state index is -0.225. The van der Waals surface area contributed by atoms with Crippen LogP contribution in [0.25, 0.3) is 0 Å². The molecule has 1 saturated heterocycles. The van der Waals surface area contributed by atoms with Crippen molar-refractivity contribution in [2.45, 2.75) is 32.2 Å². The molecule has 1 fully saturated rings. The SMILES string of the molecule is CCOC(=O)N1CCC(Nc2nccc(NCCc3ccccc3)n2)CC1. The lowest BCUT2D eigenvalue weighted by Crippen LogP contribution is -2.42. The van der Waals surface area contributed by atoms with Gasteiger partial charge >= 0.3 is 6.09 Å². The van der Waals surface area contributed by atoms with Crippen LogP contribution >= 0.6 is 0 Å². The second-order valence-corrected chi connectivity index (χ2v) is 6.53. The van der Waals surface area contributed by atoms with Crippen LogP contribution in [-0.4, -0.2) is 53.2 Å². The molecule has 0 saturated carbocycles. The van der Waals surface area contributed by atoms with Gasteiger partial charge in [0.05, 0.1) is 6.61 Å². The van der Waals surface area contributed by atoms with Gasteiger partial charge in [-0.3, -0.25) is 0 Å². The van der Waals surface area contributed by atoms with Crippen LogP contribution in [-0.2, 0) is 11.2 Å². The van der Waals surface area contributed by atoms with Crippen molar-refractivity contribution in [2.75, 3.05) is 36.9 Å². The van der Waals surface area contributed by atoms with Gasteiger partial charge in [-0.1, -0.05) is 30.3 Å². The Morgan fingerprint density at radius 1 is 1.22 bits per heavy atom. The van der Waals surface area contributed by atoms with Crippen LogP contribution in [0.2, 0.25) is 0 Å². The quantitative estimate of drug-likeness (QED) is 0.780. The van der Waals surface area contributed by atoms with Crippen LogP contribution in [0.15, 0.2) is 42.6 Å². The summed E-state index contributed by atoms with van der Waals surface area (Å²) in [7, 11) is 0. The molecule has 0 radical (unpaired) electrons. The maximum Gasteiger partial charge on any atom is 0.409 e. The number of hydrogen-bond donors (Lipinski definition) is 2. The molecule has 3 rings (SSSR count). The topological polar surface area (TPSA) is 79.4 Å². The molecule has 2 aromatic rings. The molecule has 2 heterocycles. The summed E-state index contributed by atoms with van der Waals surface area (Å²) in [5.74, 6) is 1.43. The van der Waals surface area contributed by atoms with Crippen molar-refractivity contribution in [1.29, 1.82) is 0 Å². The molecule has 27 heavy (non-hydrogen) atoms. The summed E-state index contributed by atoms with van der Waals surface area (Å²) in [6.45, 7) is 4.43. The molecule has 0 aliphatic carbocycles. The molecule has 0 atom stereocenters. The number of amides is 1. The third kappa shape index (κ3) is 5.84. The number of likely N-dealkylation sites (tertiary alicyclic amines) is 1. The molecule has 1 aliphatic heterocycles. The van der Waals surface area contributed by atoms with Crippen LogP contribution < -0.4 is 10.6 Å². The van der Waals surface area contributed by atoms with E-state index in [9.17, 15) is 4.79 Å². The molecule has 0 unspecified atom stereocenters. The van der Waals surface area contributed by atoms with Crippen molar-refractivity contribution in [2.24, 2.45) is 0 Å². The Bertz CT molecular complexity index is 717. The molecule has 2 N–H and O–H groups in total. The molecule has 7 heteroatoms. The zero-order valence-corrected chi connectivity index (χ0v) is 15.7. The predicted molar refractivity (Wildman–Crippen MR) is 106 cm³/mol. The Labute approximate surface area is 160 Å². The normalized spacial score (nSPS) is 14.6. The van der Waals surface area contributed by atoms with Crippen LogP contribution in [0.5, 0.6) is 0 Å². The van der Waals surface area contributed by atoms with Gasteiger partial charge in [-0.15, -0.1) is 0 Å². The summed E-state index contributed by atoms with van der Waals surface area (Å²) >= 11 is 0. The number of nitrogens with one attached hydrogen (secondary N) is 2. The molecule has 1 aliphatic rings. The highest BCUT2D eigenvalue weighted by Crippen LogP contribution is 2.16. The minimum absolute atomic E-state index is 0.225. The molecule has 1 aromatic heterocycles. The Morgan fingerprint density at radius 2 is 2.00 bits per heavy atom. The lowest BCUT2D eigenvalue weighted by molar-refractivity contribution is 0.0983. The number of nitrogens with zero attached hydrogens (tertiary/aromatic N) is 3. The lowest BCUT2D eigenvalue weighted by atomic mass is 10.1. The second kappa shape index (κ2) is 9.75. The highest BCUT2D eigenvalue weighted by molar-refractivity contribution is 5.67. The molecule has 7 nitrogen and oxygen atoms in total. The zero-order valence-electron chi connectivity index (χ0n) is 15.7. The van der Waals surface area contributed by atoms with Crippen molar-refractivity contribution in [3.63, 3.8) is 0 Å². The fraction of sp³-hybridized carbons (Fsp3) is 0.450. The smallest absolute Gasteiger partial charge is 0.409 e. The first kappa shape index (κ1) is 18.9. The van der Waals surface area contributed by atoms with E-state index < -0.39 is 0 Å². The first-order valence-electron chi connectivity index (χ1n) is 9.53. The summed E-state index contributed by atoms with van der Waals surface area (Å²) in [6.07, 6.45) is 4.19. The van der Waals surface area contributed by atoms with E-state index in [0.29, 0.717) is 25.6 Å². The maximum atomic E-state index is 11.8. The van der Waals surface area contributed by atoms with E-state index in [-0.39, 0.29) is 12.1 Å². The van der Waals surface area contributed by atoms with Crippen molar-refractivity contribution in [3.05, 3.63) is 48.2 Å². The van der Waals surface area contributed by atoms with Gasteiger partial charge in [-0.25, -0.2) is 9.78 Å². The van der Waals surface area contributed by atoms with Gasteiger partial charge in [0.2, 0.25) is 5.95 Å². The van der Waals surface area contributed by atoms with Gasteiger partial charge in [-0.2, -0.15) is 4.98 Å². The Hall–Kier alpha value is -2.83. The van der Waals surface area contributed by atoms with Gasteiger partial charge in [0, 0.05) is 31.9 Å². The van der Waals surface area contributed by atoms with E-state index in [2.05, 4.69) is 44.9 Å². The number of hydrogen-bond acceptors (Lipinski definition) is 6. The summed E-state index contributed by atoms with van der Waals surface area (Å²) in [6, 6.07) is 12.5. The number of carbonyl (C=O) groups is 1. The van der Waals surface area contributed by atoms with Gasteiger partial charge in [0.15, 0.2) is 0 Å². The summed E-state index contributed by atoms with van der Waals surface area (Å²) in [5, 5.41) is 6.73.